The summed E-state index contributed by atoms with van der Waals surface area (Å²) in [7, 11) is 0. The molecular formula is C75H146N10O4. The van der Waals surface area contributed by atoms with Crippen LogP contribution in [0, 0.1) is 0 Å². The lowest BCUT2D eigenvalue weighted by Crippen LogP contribution is -2.69. The first-order valence-electron chi connectivity index (χ1n) is 37.7. The summed E-state index contributed by atoms with van der Waals surface area (Å²) < 4.78 is 0. The Bertz CT molecular complexity index is 1800. The van der Waals surface area contributed by atoms with Gasteiger partial charge in [0.05, 0.1) is 26.4 Å². The molecule has 1 aromatic rings. The van der Waals surface area contributed by atoms with Gasteiger partial charge < -0.3 is 15.1 Å². The van der Waals surface area contributed by atoms with Gasteiger partial charge in [0.2, 0.25) is 17.8 Å². The average Bonchev–Trinajstić information content (AvgIpc) is 0.762. The molecule has 0 bridgehead atoms. The molecule has 1 N–H and O–H groups in total. The minimum Gasteiger partial charge on any atom is -0.354 e. The third kappa shape index (κ3) is 22.9. The number of hydroxylamine groups is 8. The van der Waals surface area contributed by atoms with Crippen LogP contribution >= 0.6 is 0 Å². The van der Waals surface area contributed by atoms with E-state index in [1.54, 1.807) is 0 Å². The highest BCUT2D eigenvalue weighted by atomic mass is 16.7. The molecule has 0 unspecified atom stereocenters. The highest BCUT2D eigenvalue weighted by Crippen LogP contribution is 2.50. The quantitative estimate of drug-likeness (QED) is 0.0628. The Labute approximate surface area is 550 Å². The van der Waals surface area contributed by atoms with Crippen molar-refractivity contribution in [2.24, 2.45) is 0 Å². The van der Waals surface area contributed by atoms with E-state index in [0.29, 0.717) is 5.95 Å². The Hall–Kier alpha value is -1.91. The highest BCUT2D eigenvalue weighted by Gasteiger charge is 2.56. The molecule has 0 aliphatic carbocycles. The molecule has 4 aliphatic rings. The fourth-order valence-corrected chi connectivity index (χ4v) is 17.5. The third-order valence-electron chi connectivity index (χ3n) is 20.6. The maximum Gasteiger partial charge on any atom is 0.232 e. The first-order chi connectivity index (χ1) is 41.9. The van der Waals surface area contributed by atoms with Crippen LogP contribution in [0.25, 0.3) is 0 Å². The van der Waals surface area contributed by atoms with Gasteiger partial charge in [-0.2, -0.15) is 35.2 Å². The van der Waals surface area contributed by atoms with Crippen molar-refractivity contribution in [3.05, 3.63) is 0 Å². The standard InChI is InChI=1S/C75H146N10O4/c1-22-27-32-36-40-44-49-86-82-68(6,7)53-61(54-69(82,8)9)80(62-55-70(10,11)83(71(12,13)56-62)87-50-45-41-37-33-28-23-2)66-77-65(76-48-31-26-5)78-67(79-66)81(63-57-72(14,15)84(73(16,17)58-63)88-51-46-42-38-34-29-24-3)64-59-74(18,19)85(75(20,21)60-64)89-52-47-43-39-35-30-25-4/h61-64H,22-60H2,1-21H3,(H,76,77,78,79). The van der Waals surface area contributed by atoms with Gasteiger partial charge in [-0.05, 0) is 194 Å². The van der Waals surface area contributed by atoms with Crippen molar-refractivity contribution in [1.82, 2.24) is 35.2 Å². The van der Waals surface area contributed by atoms with Crippen molar-refractivity contribution in [1.29, 1.82) is 0 Å². The number of rotatable bonds is 42. The molecule has 5 heterocycles. The van der Waals surface area contributed by atoms with Gasteiger partial charge in [-0.25, -0.2) is 0 Å². The van der Waals surface area contributed by atoms with Gasteiger partial charge in [0.1, 0.15) is 0 Å². The molecule has 0 saturated carbocycles. The summed E-state index contributed by atoms with van der Waals surface area (Å²) in [6, 6.07) is 0.456. The Kier molecular flexibility index (Phi) is 31.2. The number of anilines is 3. The number of nitrogens with one attached hydrogen (secondary N) is 1. The largest absolute Gasteiger partial charge is 0.354 e. The lowest BCUT2D eigenvalue weighted by atomic mass is 9.74. The maximum atomic E-state index is 6.99. The average molecular weight is 1250 g/mol. The number of unbranched alkanes of at least 4 members (excludes halogenated alkanes) is 21. The van der Waals surface area contributed by atoms with E-state index < -0.39 is 0 Å². The third-order valence-corrected chi connectivity index (χ3v) is 20.6. The van der Waals surface area contributed by atoms with Gasteiger partial charge in [0.25, 0.3) is 0 Å². The lowest BCUT2D eigenvalue weighted by Gasteiger charge is -2.60. The molecule has 0 radical (unpaired) electrons. The number of hydrogen-bond acceptors (Lipinski definition) is 14. The van der Waals surface area contributed by atoms with Gasteiger partial charge in [0, 0.05) is 75.0 Å². The number of nitrogens with zero attached hydrogens (tertiary/aromatic N) is 9. The van der Waals surface area contributed by atoms with Crippen LogP contribution in [0.1, 0.15) is 364 Å². The summed E-state index contributed by atoms with van der Waals surface area (Å²) in [5.41, 5.74) is -2.16. The molecule has 89 heavy (non-hydrogen) atoms. The van der Waals surface area contributed by atoms with Crippen molar-refractivity contribution >= 4 is 17.8 Å². The minimum absolute atomic E-state index is 0.114. The second kappa shape index (κ2) is 35.7. The Balaban J connectivity index is 1.66. The zero-order chi connectivity index (χ0) is 65.7. The molecule has 520 valence electrons. The van der Waals surface area contributed by atoms with Gasteiger partial charge in [-0.15, -0.1) is 0 Å². The SMILES string of the molecule is CCCCCCCCON1C(C)(C)CC(N(c2nc(NCCCC)nc(N(C3CC(C)(C)N(OCCCCCCCC)C(C)(C)C3)C3CC(C)(C)N(OCCCCCCCC)C(C)(C)C3)n2)C2CC(C)(C)N(OCCCCCCCC)C(C)(C)C2)CC1(C)C. The van der Waals surface area contributed by atoms with Crippen molar-refractivity contribution in [3.8, 4) is 0 Å². The van der Waals surface area contributed by atoms with Crippen LogP contribution in [0.15, 0.2) is 0 Å². The molecule has 1 aromatic heterocycles. The summed E-state index contributed by atoms with van der Waals surface area (Å²) in [5, 5.41) is 13.4. The van der Waals surface area contributed by atoms with Gasteiger partial charge in [-0.3, -0.25) is 19.4 Å². The maximum absolute atomic E-state index is 6.99. The van der Waals surface area contributed by atoms with E-state index in [9.17, 15) is 0 Å². The summed E-state index contributed by atoms with van der Waals surface area (Å²) >= 11 is 0. The molecule has 0 spiro atoms. The zero-order valence-electron chi connectivity index (χ0n) is 62.5. The van der Waals surface area contributed by atoms with Crippen LogP contribution in [0.4, 0.5) is 17.8 Å². The molecule has 4 fully saturated rings. The van der Waals surface area contributed by atoms with Crippen molar-refractivity contribution < 1.29 is 19.4 Å². The molecule has 4 saturated heterocycles. The van der Waals surface area contributed by atoms with Crippen molar-refractivity contribution in [3.63, 3.8) is 0 Å². The van der Waals surface area contributed by atoms with Crippen LogP contribution in [-0.4, -0.2) is 137 Å². The minimum atomic E-state index is -0.270. The van der Waals surface area contributed by atoms with Crippen LogP contribution in [-0.2, 0) is 19.4 Å². The van der Waals surface area contributed by atoms with Gasteiger partial charge in [0.15, 0.2) is 0 Å². The predicted octanol–water partition coefficient (Wildman–Crippen LogP) is 20.0. The molecule has 0 aromatic carbocycles. The van der Waals surface area contributed by atoms with E-state index in [1.807, 2.05) is 0 Å². The molecule has 0 atom stereocenters. The van der Waals surface area contributed by atoms with E-state index in [4.69, 9.17) is 34.3 Å². The highest BCUT2D eigenvalue weighted by molar-refractivity contribution is 5.49. The van der Waals surface area contributed by atoms with Gasteiger partial charge in [-0.1, -0.05) is 169 Å². The van der Waals surface area contributed by atoms with E-state index in [-0.39, 0.29) is 68.5 Å². The van der Waals surface area contributed by atoms with E-state index in [1.165, 1.54) is 128 Å². The van der Waals surface area contributed by atoms with Crippen LogP contribution in [0.2, 0.25) is 0 Å². The van der Waals surface area contributed by atoms with E-state index in [0.717, 1.165) is 135 Å². The zero-order valence-corrected chi connectivity index (χ0v) is 62.5. The Morgan fingerprint density at radius 2 is 0.506 bits per heavy atom. The normalized spacial score (nSPS) is 22.4. The molecule has 4 aliphatic heterocycles. The second-order valence-corrected chi connectivity index (χ2v) is 33.7. The number of piperidine rings is 4. The smallest absolute Gasteiger partial charge is 0.232 e. The first kappa shape index (κ1) is 77.8. The van der Waals surface area contributed by atoms with Crippen molar-refractivity contribution in [2.75, 3.05) is 48.1 Å². The van der Waals surface area contributed by atoms with Gasteiger partial charge >= 0.3 is 0 Å². The molecular weight excluding hydrogens is 1100 g/mol. The predicted molar refractivity (Wildman–Crippen MR) is 378 cm³/mol. The van der Waals surface area contributed by atoms with Crippen LogP contribution in [0.5, 0.6) is 0 Å². The summed E-state index contributed by atoms with van der Waals surface area (Å²) in [6.45, 7) is 54.0. The van der Waals surface area contributed by atoms with E-state index >= 15 is 0 Å². The van der Waals surface area contributed by atoms with Crippen LogP contribution in [0.3, 0.4) is 0 Å². The fraction of sp³-hybridized carbons (Fsp3) is 0.960. The van der Waals surface area contributed by atoms with Crippen molar-refractivity contribution in [2.45, 2.75) is 432 Å². The first-order valence-corrected chi connectivity index (χ1v) is 37.7. The fourth-order valence-electron chi connectivity index (χ4n) is 17.5. The molecule has 14 heteroatoms. The number of hydrogen-bond donors (Lipinski definition) is 1. The van der Waals surface area contributed by atoms with Crippen LogP contribution < -0.4 is 15.1 Å². The monoisotopic (exact) mass is 1250 g/mol. The lowest BCUT2D eigenvalue weighted by molar-refractivity contribution is -0.288. The molecule has 5 rings (SSSR count). The topological polar surface area (TPSA) is 107 Å². The number of aromatic nitrogens is 3. The summed E-state index contributed by atoms with van der Waals surface area (Å²) in [6.07, 6.45) is 39.3. The van der Waals surface area contributed by atoms with E-state index in [2.05, 4.69) is 181 Å². The Morgan fingerprint density at radius 1 is 0.303 bits per heavy atom. The molecule has 14 nitrogen and oxygen atoms in total. The summed E-state index contributed by atoms with van der Waals surface area (Å²) in [5.74, 6) is 2.28. The summed E-state index contributed by atoms with van der Waals surface area (Å²) in [4.78, 5) is 51.0. The second-order valence-electron chi connectivity index (χ2n) is 33.7. The molecule has 0 amide bonds. The Morgan fingerprint density at radius 3 is 0.719 bits per heavy atom.